The van der Waals surface area contributed by atoms with Crippen molar-refractivity contribution in [3.05, 3.63) is 39.3 Å². The molecule has 0 saturated heterocycles. The van der Waals surface area contributed by atoms with Crippen molar-refractivity contribution in [1.82, 2.24) is 9.71 Å². The molecular weight excluding hydrogens is 368 g/mol. The Morgan fingerprint density at radius 2 is 2.21 bits per heavy atom. The van der Waals surface area contributed by atoms with Gasteiger partial charge in [-0.2, -0.15) is 0 Å². The van der Waals surface area contributed by atoms with Crippen LogP contribution >= 0.6 is 22.9 Å². The Morgan fingerprint density at radius 3 is 2.88 bits per heavy atom. The highest BCUT2D eigenvalue weighted by molar-refractivity contribution is 7.89. The molecule has 0 bridgehead atoms. The maximum Gasteiger partial charge on any atom is 0.244 e. The van der Waals surface area contributed by atoms with Gasteiger partial charge in [0.1, 0.15) is 15.7 Å². The Kier molecular flexibility index (Phi) is 5.44. The van der Waals surface area contributed by atoms with E-state index >= 15 is 0 Å². The van der Waals surface area contributed by atoms with Crippen molar-refractivity contribution in [3.63, 3.8) is 0 Å². The van der Waals surface area contributed by atoms with Crippen LogP contribution in [0.25, 0.3) is 0 Å². The summed E-state index contributed by atoms with van der Waals surface area (Å²) < 4.78 is 33.5. The number of sulfonamides is 1. The summed E-state index contributed by atoms with van der Waals surface area (Å²) >= 11 is 7.44. The van der Waals surface area contributed by atoms with E-state index in [0.29, 0.717) is 22.4 Å². The Morgan fingerprint density at radius 1 is 1.42 bits per heavy atom. The van der Waals surface area contributed by atoms with E-state index in [2.05, 4.69) is 9.71 Å². The summed E-state index contributed by atoms with van der Waals surface area (Å²) in [6.45, 7) is 2.59. The van der Waals surface area contributed by atoms with Crippen LogP contribution in [0.4, 0.5) is 0 Å². The molecule has 3 rings (SSSR count). The maximum atomic E-state index is 12.6. The number of aryl methyl sites for hydroxylation is 1. The third-order valence-corrected chi connectivity index (χ3v) is 6.33. The molecule has 2 aromatic rings. The number of nitrogens with zero attached hydrogens (tertiary/aromatic N) is 1. The lowest BCUT2D eigenvalue weighted by Crippen LogP contribution is -2.24. The van der Waals surface area contributed by atoms with Gasteiger partial charge in [-0.3, -0.25) is 0 Å². The quantitative estimate of drug-likeness (QED) is 0.749. The first-order valence-corrected chi connectivity index (χ1v) is 10.4. The number of benzene rings is 1. The highest BCUT2D eigenvalue weighted by Crippen LogP contribution is 2.33. The number of thiazole rings is 1. The van der Waals surface area contributed by atoms with Crippen LogP contribution in [0.1, 0.15) is 29.1 Å². The molecule has 24 heavy (non-hydrogen) atoms. The molecule has 0 radical (unpaired) electrons. The molecule has 1 N–H and O–H groups in total. The summed E-state index contributed by atoms with van der Waals surface area (Å²) in [6, 6.07) is 4.66. The molecule has 5 nitrogen and oxygen atoms in total. The van der Waals surface area contributed by atoms with E-state index in [1.54, 1.807) is 18.3 Å². The van der Waals surface area contributed by atoms with Crippen molar-refractivity contribution in [2.75, 3.05) is 6.61 Å². The Hall–Kier alpha value is -1.15. The summed E-state index contributed by atoms with van der Waals surface area (Å²) in [6.07, 6.45) is 5.15. The zero-order valence-electron chi connectivity index (χ0n) is 13.3. The second-order valence-corrected chi connectivity index (χ2v) is 9.35. The van der Waals surface area contributed by atoms with E-state index in [-0.39, 0.29) is 11.4 Å². The van der Waals surface area contributed by atoms with Crippen molar-refractivity contribution >= 4 is 33.0 Å². The zero-order valence-corrected chi connectivity index (χ0v) is 15.7. The predicted molar refractivity (Wildman–Crippen MR) is 95.2 cm³/mol. The second kappa shape index (κ2) is 7.39. The molecule has 0 unspecified atom stereocenters. The van der Waals surface area contributed by atoms with Crippen LogP contribution in [0, 0.1) is 12.8 Å². The van der Waals surface area contributed by atoms with Gasteiger partial charge in [0.05, 0.1) is 13.2 Å². The van der Waals surface area contributed by atoms with Gasteiger partial charge in [-0.25, -0.2) is 18.1 Å². The predicted octanol–water partition coefficient (Wildman–Crippen LogP) is 3.76. The summed E-state index contributed by atoms with van der Waals surface area (Å²) in [4.78, 5) is 5.27. The van der Waals surface area contributed by atoms with Crippen molar-refractivity contribution in [1.29, 1.82) is 0 Å². The number of rotatable bonds is 8. The van der Waals surface area contributed by atoms with Crippen LogP contribution in [0.5, 0.6) is 5.75 Å². The van der Waals surface area contributed by atoms with Crippen molar-refractivity contribution < 1.29 is 13.2 Å². The molecule has 1 aliphatic rings. The maximum absolute atomic E-state index is 12.6. The third kappa shape index (κ3) is 4.69. The van der Waals surface area contributed by atoms with Crippen molar-refractivity contribution in [2.24, 2.45) is 5.92 Å². The van der Waals surface area contributed by atoms with Crippen LogP contribution < -0.4 is 9.46 Å². The van der Waals surface area contributed by atoms with E-state index in [4.69, 9.17) is 16.3 Å². The molecule has 0 atom stereocenters. The van der Waals surface area contributed by atoms with Gasteiger partial charge in [-0.15, -0.1) is 11.3 Å². The van der Waals surface area contributed by atoms with Crippen LogP contribution in [0.3, 0.4) is 0 Å². The van der Waals surface area contributed by atoms with Gasteiger partial charge < -0.3 is 4.74 Å². The highest BCUT2D eigenvalue weighted by atomic mass is 35.5. The normalized spacial score (nSPS) is 14.8. The molecule has 1 heterocycles. The smallest absolute Gasteiger partial charge is 0.244 e. The molecule has 8 heteroatoms. The molecule has 1 aliphatic carbocycles. The first-order chi connectivity index (χ1) is 11.4. The van der Waals surface area contributed by atoms with Gasteiger partial charge in [-0.1, -0.05) is 24.4 Å². The Bertz CT molecular complexity index is 816. The number of hydrogen-bond donors (Lipinski definition) is 1. The molecule has 1 saturated carbocycles. The van der Waals surface area contributed by atoms with E-state index in [0.717, 1.165) is 17.2 Å². The fourth-order valence-electron chi connectivity index (χ4n) is 2.27. The van der Waals surface area contributed by atoms with E-state index in [1.165, 1.54) is 30.2 Å². The highest BCUT2D eigenvalue weighted by Gasteiger charge is 2.23. The number of halogens is 1. The Balaban J connectivity index is 1.73. The first kappa shape index (κ1) is 17.7. The molecule has 1 aromatic carbocycles. The molecular formula is C16H19ClN2O3S2. The minimum absolute atomic E-state index is 0.0686. The van der Waals surface area contributed by atoms with Crippen LogP contribution in [-0.2, 0) is 16.6 Å². The topological polar surface area (TPSA) is 68.3 Å². The number of aromatic nitrogens is 1. The largest absolute Gasteiger partial charge is 0.492 e. The average Bonchev–Trinajstić information content (AvgIpc) is 3.27. The monoisotopic (exact) mass is 386 g/mol. The zero-order chi connectivity index (χ0) is 17.2. The van der Waals surface area contributed by atoms with E-state index in [1.807, 2.05) is 6.92 Å². The molecule has 1 fully saturated rings. The van der Waals surface area contributed by atoms with Gasteiger partial charge in [-0.05, 0) is 37.5 Å². The first-order valence-electron chi connectivity index (χ1n) is 7.77. The molecule has 0 aliphatic heterocycles. The van der Waals surface area contributed by atoms with E-state index in [9.17, 15) is 8.42 Å². The third-order valence-electron chi connectivity index (χ3n) is 3.76. The summed E-state index contributed by atoms with van der Waals surface area (Å²) in [5.74, 6) is 1.06. The standard InChI is InChI=1S/C16H19ClN2O3S2/c1-11-9-18-16(23-11)10-19-24(20,21)15-8-13(17)4-5-14(15)22-7-6-12-2-3-12/h4-5,8-9,12,19H,2-3,6-7,10H2,1H3. The molecule has 130 valence electrons. The van der Waals surface area contributed by atoms with Crippen LogP contribution in [0.2, 0.25) is 5.02 Å². The summed E-state index contributed by atoms with van der Waals surface area (Å²) in [5.41, 5.74) is 0. The fourth-order valence-corrected chi connectivity index (χ4v) is 4.48. The minimum atomic E-state index is -3.73. The van der Waals surface area contributed by atoms with Crippen molar-refractivity contribution in [3.8, 4) is 5.75 Å². The summed E-state index contributed by atoms with van der Waals surface area (Å²) in [7, 11) is -3.73. The Labute approximate surface area is 151 Å². The van der Waals surface area contributed by atoms with Crippen LogP contribution in [-0.4, -0.2) is 20.0 Å². The van der Waals surface area contributed by atoms with Gasteiger partial charge in [0.2, 0.25) is 10.0 Å². The second-order valence-electron chi connectivity index (χ2n) is 5.86. The number of hydrogen-bond acceptors (Lipinski definition) is 5. The van der Waals surface area contributed by atoms with Gasteiger partial charge in [0.25, 0.3) is 0 Å². The number of ether oxygens (including phenoxy) is 1. The lowest BCUT2D eigenvalue weighted by atomic mass is 10.3. The lowest BCUT2D eigenvalue weighted by molar-refractivity contribution is 0.295. The van der Waals surface area contributed by atoms with Crippen molar-refractivity contribution in [2.45, 2.75) is 37.6 Å². The van der Waals surface area contributed by atoms with Gasteiger partial charge >= 0.3 is 0 Å². The van der Waals surface area contributed by atoms with Gasteiger partial charge in [0.15, 0.2) is 0 Å². The fraction of sp³-hybridized carbons (Fsp3) is 0.438. The SMILES string of the molecule is Cc1cnc(CNS(=O)(=O)c2cc(Cl)ccc2OCCC2CC2)s1. The number of nitrogens with one attached hydrogen (secondary N) is 1. The van der Waals surface area contributed by atoms with E-state index < -0.39 is 10.0 Å². The molecule has 0 amide bonds. The van der Waals surface area contributed by atoms with Crippen LogP contribution in [0.15, 0.2) is 29.3 Å². The minimum Gasteiger partial charge on any atom is -0.492 e. The molecule has 1 aromatic heterocycles. The van der Waals surface area contributed by atoms with Gasteiger partial charge in [0, 0.05) is 16.1 Å². The average molecular weight is 387 g/mol. The molecule has 0 spiro atoms. The lowest BCUT2D eigenvalue weighted by Gasteiger charge is -2.13. The summed E-state index contributed by atoms with van der Waals surface area (Å²) in [5, 5.41) is 1.07.